The van der Waals surface area contributed by atoms with Crippen LogP contribution in [-0.2, 0) is 0 Å². The predicted octanol–water partition coefficient (Wildman–Crippen LogP) is 5.02. The summed E-state index contributed by atoms with van der Waals surface area (Å²) in [7, 11) is 0. The van der Waals surface area contributed by atoms with Crippen LogP contribution in [0.5, 0.6) is 0 Å². The van der Waals surface area contributed by atoms with E-state index in [1.807, 2.05) is 17.5 Å². The number of alkyl halides is 1. The Hall–Kier alpha value is -0.380. The Balaban J connectivity index is 2.36. The lowest BCUT2D eigenvalue weighted by atomic mass is 10.1. The van der Waals surface area contributed by atoms with Crippen molar-refractivity contribution in [1.29, 1.82) is 0 Å². The minimum Gasteiger partial charge on any atom is -0.207 e. The number of hydrogen-bond donors (Lipinski definition) is 0. The molecular formula is C11H7BrClFS. The van der Waals surface area contributed by atoms with Gasteiger partial charge in [-0.05, 0) is 29.1 Å². The second-order valence-electron chi connectivity index (χ2n) is 3.05. The minimum absolute atomic E-state index is 0.0410. The summed E-state index contributed by atoms with van der Waals surface area (Å²) < 4.78 is 13.0. The first kappa shape index (κ1) is 11.1. The van der Waals surface area contributed by atoms with Gasteiger partial charge in [-0.15, -0.1) is 11.3 Å². The van der Waals surface area contributed by atoms with Gasteiger partial charge in [-0.2, -0.15) is 0 Å². The molecular weight excluding hydrogens is 299 g/mol. The van der Waals surface area contributed by atoms with Crippen LogP contribution < -0.4 is 0 Å². The molecule has 1 heterocycles. The monoisotopic (exact) mass is 304 g/mol. The van der Waals surface area contributed by atoms with Crippen molar-refractivity contribution in [2.45, 2.75) is 4.83 Å². The van der Waals surface area contributed by atoms with Crippen LogP contribution >= 0.6 is 38.9 Å². The summed E-state index contributed by atoms with van der Waals surface area (Å²) in [5.74, 6) is -0.232. The van der Waals surface area contributed by atoms with E-state index in [1.54, 1.807) is 17.4 Å². The number of hydrogen-bond acceptors (Lipinski definition) is 1. The van der Waals surface area contributed by atoms with Crippen LogP contribution in [0.15, 0.2) is 35.7 Å². The Labute approximate surface area is 105 Å². The number of rotatable bonds is 2. The molecule has 1 atom stereocenters. The van der Waals surface area contributed by atoms with E-state index < -0.39 is 0 Å². The number of halogens is 3. The molecule has 4 heteroatoms. The smallest absolute Gasteiger partial charge is 0.123 e. The first-order chi connectivity index (χ1) is 7.18. The topological polar surface area (TPSA) is 0 Å². The zero-order chi connectivity index (χ0) is 10.8. The van der Waals surface area contributed by atoms with Crippen LogP contribution in [0.1, 0.15) is 15.3 Å². The van der Waals surface area contributed by atoms with Crippen LogP contribution in [0.25, 0.3) is 0 Å². The molecule has 0 saturated heterocycles. The molecule has 1 unspecified atom stereocenters. The number of benzene rings is 1. The first-order valence-corrected chi connectivity index (χ1v) is 6.48. The zero-order valence-electron chi connectivity index (χ0n) is 7.58. The van der Waals surface area contributed by atoms with Crippen molar-refractivity contribution in [3.8, 4) is 0 Å². The standard InChI is InChI=1S/C11H7BrClFS/c12-10(11-9(13)4-5-15-11)7-2-1-3-8(14)6-7/h1-6,10H. The van der Waals surface area contributed by atoms with E-state index in [0.29, 0.717) is 5.02 Å². The third kappa shape index (κ3) is 2.41. The van der Waals surface area contributed by atoms with E-state index in [2.05, 4.69) is 15.9 Å². The van der Waals surface area contributed by atoms with Crippen LogP contribution in [0.4, 0.5) is 4.39 Å². The van der Waals surface area contributed by atoms with Crippen LogP contribution in [0.2, 0.25) is 5.02 Å². The summed E-state index contributed by atoms with van der Waals surface area (Å²) in [5, 5.41) is 2.64. The van der Waals surface area contributed by atoms with Gasteiger partial charge < -0.3 is 0 Å². The SMILES string of the molecule is Fc1cccc(C(Br)c2sccc2Cl)c1. The summed E-state index contributed by atoms with van der Waals surface area (Å²) in [4.78, 5) is 0.961. The quantitative estimate of drug-likeness (QED) is 0.683. The second kappa shape index (κ2) is 4.64. The predicted molar refractivity (Wildman–Crippen MR) is 66.5 cm³/mol. The summed E-state index contributed by atoms with van der Waals surface area (Å²) in [6.07, 6.45) is 0. The van der Waals surface area contributed by atoms with Crippen molar-refractivity contribution in [1.82, 2.24) is 0 Å². The molecule has 0 radical (unpaired) electrons. The Morgan fingerprint density at radius 1 is 1.33 bits per heavy atom. The Morgan fingerprint density at radius 3 is 2.73 bits per heavy atom. The van der Waals surface area contributed by atoms with E-state index >= 15 is 0 Å². The molecule has 15 heavy (non-hydrogen) atoms. The average molecular weight is 306 g/mol. The Kier molecular flexibility index (Phi) is 3.44. The van der Waals surface area contributed by atoms with E-state index in [9.17, 15) is 4.39 Å². The Morgan fingerprint density at radius 2 is 2.13 bits per heavy atom. The molecule has 0 aliphatic rings. The van der Waals surface area contributed by atoms with Gasteiger partial charge in [0, 0.05) is 4.88 Å². The maximum absolute atomic E-state index is 13.0. The summed E-state index contributed by atoms with van der Waals surface area (Å²) in [6.45, 7) is 0. The van der Waals surface area contributed by atoms with Gasteiger partial charge in [0.15, 0.2) is 0 Å². The van der Waals surface area contributed by atoms with Crippen LogP contribution in [-0.4, -0.2) is 0 Å². The first-order valence-electron chi connectivity index (χ1n) is 4.31. The molecule has 0 spiro atoms. The van der Waals surface area contributed by atoms with Gasteiger partial charge in [0.05, 0.1) is 9.85 Å². The van der Waals surface area contributed by atoms with Gasteiger partial charge in [-0.3, -0.25) is 0 Å². The fourth-order valence-corrected chi connectivity index (χ4v) is 3.46. The van der Waals surface area contributed by atoms with E-state index in [4.69, 9.17) is 11.6 Å². The zero-order valence-corrected chi connectivity index (χ0v) is 10.7. The lowest BCUT2D eigenvalue weighted by molar-refractivity contribution is 0.626. The molecule has 0 saturated carbocycles. The number of thiophene rings is 1. The molecule has 78 valence electrons. The lowest BCUT2D eigenvalue weighted by Crippen LogP contribution is -1.90. The van der Waals surface area contributed by atoms with Gasteiger partial charge in [-0.1, -0.05) is 39.7 Å². The summed E-state index contributed by atoms with van der Waals surface area (Å²) >= 11 is 11.1. The fraction of sp³-hybridized carbons (Fsp3) is 0.0909. The third-order valence-electron chi connectivity index (χ3n) is 2.02. The molecule has 0 aliphatic carbocycles. The molecule has 2 aromatic rings. The highest BCUT2D eigenvalue weighted by Crippen LogP contribution is 2.38. The van der Waals surface area contributed by atoms with E-state index in [0.717, 1.165) is 10.4 Å². The van der Waals surface area contributed by atoms with Crippen molar-refractivity contribution in [2.24, 2.45) is 0 Å². The molecule has 0 amide bonds. The highest BCUT2D eigenvalue weighted by atomic mass is 79.9. The molecule has 0 bridgehead atoms. The van der Waals surface area contributed by atoms with Gasteiger partial charge in [0.25, 0.3) is 0 Å². The molecule has 1 aromatic carbocycles. The second-order valence-corrected chi connectivity index (χ2v) is 5.32. The van der Waals surface area contributed by atoms with Crippen molar-refractivity contribution >= 4 is 38.9 Å². The molecule has 1 aromatic heterocycles. The Bertz CT molecular complexity index is 469. The molecule has 0 aliphatic heterocycles. The van der Waals surface area contributed by atoms with Crippen LogP contribution in [0.3, 0.4) is 0 Å². The van der Waals surface area contributed by atoms with Gasteiger partial charge in [-0.25, -0.2) is 4.39 Å². The normalized spacial score (nSPS) is 12.7. The van der Waals surface area contributed by atoms with Gasteiger partial charge in [0.2, 0.25) is 0 Å². The maximum atomic E-state index is 13.0. The van der Waals surface area contributed by atoms with E-state index in [1.165, 1.54) is 12.1 Å². The highest BCUT2D eigenvalue weighted by Gasteiger charge is 2.15. The maximum Gasteiger partial charge on any atom is 0.123 e. The summed E-state index contributed by atoms with van der Waals surface area (Å²) in [6, 6.07) is 8.35. The van der Waals surface area contributed by atoms with Crippen molar-refractivity contribution in [3.63, 3.8) is 0 Å². The molecule has 2 rings (SSSR count). The van der Waals surface area contributed by atoms with Gasteiger partial charge in [0.1, 0.15) is 5.82 Å². The molecule has 0 N–H and O–H groups in total. The fourth-order valence-electron chi connectivity index (χ4n) is 1.30. The molecule has 0 fully saturated rings. The molecule has 0 nitrogen and oxygen atoms in total. The van der Waals surface area contributed by atoms with Crippen LogP contribution in [0, 0.1) is 5.82 Å². The third-order valence-corrected chi connectivity index (χ3v) is 4.73. The van der Waals surface area contributed by atoms with Crippen molar-refractivity contribution in [2.75, 3.05) is 0 Å². The van der Waals surface area contributed by atoms with Crippen molar-refractivity contribution < 1.29 is 4.39 Å². The van der Waals surface area contributed by atoms with E-state index in [-0.39, 0.29) is 10.6 Å². The average Bonchev–Trinajstić information content (AvgIpc) is 2.63. The van der Waals surface area contributed by atoms with Crippen molar-refractivity contribution in [3.05, 3.63) is 57.0 Å². The largest absolute Gasteiger partial charge is 0.207 e. The summed E-state index contributed by atoms with van der Waals surface area (Å²) in [5.41, 5.74) is 0.874. The minimum atomic E-state index is -0.232. The lowest BCUT2D eigenvalue weighted by Gasteiger charge is -2.08. The van der Waals surface area contributed by atoms with Gasteiger partial charge >= 0.3 is 0 Å². The highest BCUT2D eigenvalue weighted by molar-refractivity contribution is 9.09.